The molecule has 23 heavy (non-hydrogen) atoms. The summed E-state index contributed by atoms with van der Waals surface area (Å²) in [6, 6.07) is 14.9. The zero-order valence-electron chi connectivity index (χ0n) is 12.5. The third kappa shape index (κ3) is 3.51. The Balaban J connectivity index is 1.79. The SMILES string of the molecule is Cc1ccc(C=C2NC(=O)N(Cc3ccc(Br)cc3)C2=O)cc1. The van der Waals surface area contributed by atoms with Gasteiger partial charge in [-0.2, -0.15) is 0 Å². The summed E-state index contributed by atoms with van der Waals surface area (Å²) in [5, 5.41) is 2.64. The van der Waals surface area contributed by atoms with Gasteiger partial charge < -0.3 is 5.32 Å². The molecule has 3 amide bonds. The van der Waals surface area contributed by atoms with Gasteiger partial charge in [-0.1, -0.05) is 57.9 Å². The smallest absolute Gasteiger partial charge is 0.303 e. The summed E-state index contributed by atoms with van der Waals surface area (Å²) < 4.78 is 0.957. The zero-order valence-corrected chi connectivity index (χ0v) is 14.1. The number of imide groups is 1. The molecule has 1 heterocycles. The van der Waals surface area contributed by atoms with Gasteiger partial charge in [0.2, 0.25) is 0 Å². The number of hydrogen-bond donors (Lipinski definition) is 1. The second-order valence-corrected chi connectivity index (χ2v) is 6.33. The summed E-state index contributed by atoms with van der Waals surface area (Å²) in [7, 11) is 0. The van der Waals surface area contributed by atoms with Gasteiger partial charge in [0.1, 0.15) is 5.70 Å². The lowest BCUT2D eigenvalue weighted by atomic mass is 10.1. The lowest BCUT2D eigenvalue weighted by Gasteiger charge is -2.11. The zero-order chi connectivity index (χ0) is 16.4. The van der Waals surface area contributed by atoms with E-state index in [0.29, 0.717) is 5.70 Å². The maximum atomic E-state index is 12.4. The molecule has 116 valence electrons. The van der Waals surface area contributed by atoms with E-state index in [1.165, 1.54) is 4.90 Å². The van der Waals surface area contributed by atoms with Crippen LogP contribution in [0.5, 0.6) is 0 Å². The highest BCUT2D eigenvalue weighted by Gasteiger charge is 2.33. The van der Waals surface area contributed by atoms with Gasteiger partial charge in [-0.25, -0.2) is 4.79 Å². The first-order valence-corrected chi connectivity index (χ1v) is 7.98. The minimum atomic E-state index is -0.392. The summed E-state index contributed by atoms with van der Waals surface area (Å²) in [4.78, 5) is 25.7. The van der Waals surface area contributed by atoms with Crippen molar-refractivity contribution >= 4 is 33.9 Å². The van der Waals surface area contributed by atoms with E-state index in [2.05, 4.69) is 21.2 Å². The minimum Gasteiger partial charge on any atom is -0.303 e. The number of halogens is 1. The number of nitrogens with one attached hydrogen (secondary N) is 1. The van der Waals surface area contributed by atoms with Crippen molar-refractivity contribution in [3.63, 3.8) is 0 Å². The monoisotopic (exact) mass is 370 g/mol. The van der Waals surface area contributed by atoms with Crippen LogP contribution < -0.4 is 5.32 Å². The largest absolute Gasteiger partial charge is 0.329 e. The number of rotatable bonds is 3. The van der Waals surface area contributed by atoms with Gasteiger partial charge in [0, 0.05) is 4.47 Å². The summed E-state index contributed by atoms with van der Waals surface area (Å²) >= 11 is 3.36. The number of carbonyl (C=O) groups excluding carboxylic acids is 2. The Morgan fingerprint density at radius 1 is 1.04 bits per heavy atom. The van der Waals surface area contributed by atoms with E-state index in [9.17, 15) is 9.59 Å². The van der Waals surface area contributed by atoms with Crippen LogP contribution in [0.4, 0.5) is 4.79 Å². The molecule has 1 aliphatic rings. The Kier molecular flexibility index (Phi) is 4.30. The topological polar surface area (TPSA) is 49.4 Å². The maximum absolute atomic E-state index is 12.4. The molecule has 4 nitrogen and oxygen atoms in total. The van der Waals surface area contributed by atoms with E-state index >= 15 is 0 Å². The highest BCUT2D eigenvalue weighted by molar-refractivity contribution is 9.10. The molecule has 0 unspecified atom stereocenters. The first-order chi connectivity index (χ1) is 11.0. The van der Waals surface area contributed by atoms with Crippen LogP contribution in [0.15, 0.2) is 58.7 Å². The van der Waals surface area contributed by atoms with Crippen molar-refractivity contribution in [2.45, 2.75) is 13.5 Å². The average molecular weight is 371 g/mol. The predicted molar refractivity (Wildman–Crippen MR) is 92.4 cm³/mol. The number of carbonyl (C=O) groups is 2. The van der Waals surface area contributed by atoms with Crippen LogP contribution >= 0.6 is 15.9 Å². The average Bonchev–Trinajstić information content (AvgIpc) is 2.79. The van der Waals surface area contributed by atoms with Crippen LogP contribution in [0.2, 0.25) is 0 Å². The molecule has 0 spiro atoms. The lowest BCUT2D eigenvalue weighted by Crippen LogP contribution is -2.30. The Morgan fingerprint density at radius 2 is 1.70 bits per heavy atom. The number of urea groups is 1. The lowest BCUT2D eigenvalue weighted by molar-refractivity contribution is -0.123. The summed E-state index contributed by atoms with van der Waals surface area (Å²) in [6.07, 6.45) is 1.70. The third-order valence-corrected chi connectivity index (χ3v) is 4.13. The number of aryl methyl sites for hydroxylation is 1. The second-order valence-electron chi connectivity index (χ2n) is 5.42. The molecule has 0 atom stereocenters. The van der Waals surface area contributed by atoms with E-state index in [-0.39, 0.29) is 12.5 Å². The molecule has 0 aliphatic carbocycles. The molecule has 0 bridgehead atoms. The molecule has 2 aromatic carbocycles. The molecule has 0 radical (unpaired) electrons. The first-order valence-electron chi connectivity index (χ1n) is 7.18. The third-order valence-electron chi connectivity index (χ3n) is 3.60. The standard InChI is InChI=1S/C18H15BrN2O2/c1-12-2-4-13(5-3-12)10-16-17(22)21(18(23)20-16)11-14-6-8-15(19)9-7-14/h2-10H,11H2,1H3,(H,20,23). The normalized spacial score (nSPS) is 16.1. The van der Waals surface area contributed by atoms with Crippen molar-refractivity contribution in [2.75, 3.05) is 0 Å². The van der Waals surface area contributed by atoms with Gasteiger partial charge in [-0.3, -0.25) is 9.69 Å². The molecule has 0 aromatic heterocycles. The van der Waals surface area contributed by atoms with E-state index in [4.69, 9.17) is 0 Å². The van der Waals surface area contributed by atoms with Crippen molar-refractivity contribution in [2.24, 2.45) is 0 Å². The van der Waals surface area contributed by atoms with E-state index in [1.807, 2.05) is 55.5 Å². The highest BCUT2D eigenvalue weighted by Crippen LogP contribution is 2.18. The van der Waals surface area contributed by atoms with Gasteiger partial charge in [0.15, 0.2) is 0 Å². The molecule has 1 aliphatic heterocycles. The van der Waals surface area contributed by atoms with Crippen molar-refractivity contribution in [1.82, 2.24) is 10.2 Å². The number of amides is 3. The highest BCUT2D eigenvalue weighted by atomic mass is 79.9. The maximum Gasteiger partial charge on any atom is 0.329 e. The molecular formula is C18H15BrN2O2. The summed E-state index contributed by atoms with van der Waals surface area (Å²) in [6.45, 7) is 2.25. The first kappa shape index (κ1) is 15.5. The van der Waals surface area contributed by atoms with Gasteiger partial charge in [0.05, 0.1) is 6.54 Å². The minimum absolute atomic E-state index is 0.253. The van der Waals surface area contributed by atoms with Crippen molar-refractivity contribution in [1.29, 1.82) is 0 Å². The van der Waals surface area contributed by atoms with Crippen LogP contribution in [-0.2, 0) is 11.3 Å². The summed E-state index contributed by atoms with van der Waals surface area (Å²) in [5.41, 5.74) is 3.22. The quantitative estimate of drug-likeness (QED) is 0.658. The Hall–Kier alpha value is -2.40. The van der Waals surface area contributed by atoms with Crippen LogP contribution in [0, 0.1) is 6.92 Å². The van der Waals surface area contributed by atoms with Crippen LogP contribution in [-0.4, -0.2) is 16.8 Å². The van der Waals surface area contributed by atoms with Gasteiger partial charge >= 0.3 is 6.03 Å². The van der Waals surface area contributed by atoms with E-state index in [0.717, 1.165) is 21.2 Å². The number of hydrogen-bond acceptors (Lipinski definition) is 2. The molecule has 3 rings (SSSR count). The van der Waals surface area contributed by atoms with Crippen molar-refractivity contribution < 1.29 is 9.59 Å². The molecule has 1 N–H and O–H groups in total. The van der Waals surface area contributed by atoms with Crippen LogP contribution in [0.3, 0.4) is 0 Å². The summed E-state index contributed by atoms with van der Waals surface area (Å²) in [5.74, 6) is -0.307. The predicted octanol–water partition coefficient (Wildman–Crippen LogP) is 3.85. The van der Waals surface area contributed by atoms with Crippen molar-refractivity contribution in [3.8, 4) is 0 Å². The van der Waals surface area contributed by atoms with Gasteiger partial charge in [-0.05, 0) is 36.3 Å². The fraction of sp³-hybridized carbons (Fsp3) is 0.111. The van der Waals surface area contributed by atoms with Gasteiger partial charge in [0.25, 0.3) is 5.91 Å². The van der Waals surface area contributed by atoms with Crippen molar-refractivity contribution in [3.05, 3.63) is 75.4 Å². The fourth-order valence-electron chi connectivity index (χ4n) is 2.32. The Labute approximate surface area is 142 Å². The number of nitrogens with zero attached hydrogens (tertiary/aromatic N) is 1. The molecule has 1 fully saturated rings. The molecule has 1 saturated heterocycles. The molecular weight excluding hydrogens is 356 g/mol. The molecule has 0 saturated carbocycles. The van der Waals surface area contributed by atoms with E-state index in [1.54, 1.807) is 6.08 Å². The Bertz CT molecular complexity index is 780. The van der Waals surface area contributed by atoms with Gasteiger partial charge in [-0.15, -0.1) is 0 Å². The van der Waals surface area contributed by atoms with E-state index < -0.39 is 6.03 Å². The molecule has 5 heteroatoms. The second kappa shape index (κ2) is 6.38. The fourth-order valence-corrected chi connectivity index (χ4v) is 2.58. The van der Waals surface area contributed by atoms with Crippen LogP contribution in [0.1, 0.15) is 16.7 Å². The Morgan fingerprint density at radius 3 is 2.35 bits per heavy atom. The molecule has 2 aromatic rings. The number of benzene rings is 2. The van der Waals surface area contributed by atoms with Crippen LogP contribution in [0.25, 0.3) is 6.08 Å².